The number of hydrogen-bond donors (Lipinski definition) is 3. The minimum Gasteiger partial charge on any atom is -0.393 e. The molecule has 4 aliphatic rings. The van der Waals surface area contributed by atoms with Gasteiger partial charge in [-0.15, -0.1) is 0 Å². The van der Waals surface area contributed by atoms with Gasteiger partial charge < -0.3 is 15.3 Å². The summed E-state index contributed by atoms with van der Waals surface area (Å²) < 4.78 is 0. The van der Waals surface area contributed by atoms with Crippen molar-refractivity contribution in [2.75, 3.05) is 0 Å². The summed E-state index contributed by atoms with van der Waals surface area (Å²) in [5, 5.41) is 32.0. The molecule has 0 amide bonds. The van der Waals surface area contributed by atoms with Gasteiger partial charge in [0.25, 0.3) is 0 Å². The van der Waals surface area contributed by atoms with Crippen molar-refractivity contribution in [1.82, 2.24) is 0 Å². The number of rotatable bonds is 0. The van der Waals surface area contributed by atoms with E-state index in [4.69, 9.17) is 0 Å². The van der Waals surface area contributed by atoms with E-state index in [1.165, 1.54) is 5.57 Å². The van der Waals surface area contributed by atoms with Crippen molar-refractivity contribution < 1.29 is 15.3 Å². The molecule has 0 spiro atoms. The van der Waals surface area contributed by atoms with Gasteiger partial charge in [-0.3, -0.25) is 0 Å². The molecule has 8 atom stereocenters. The highest BCUT2D eigenvalue weighted by atomic mass is 16.3. The van der Waals surface area contributed by atoms with Gasteiger partial charge in [-0.25, -0.2) is 0 Å². The lowest BCUT2D eigenvalue weighted by Gasteiger charge is -2.61. The van der Waals surface area contributed by atoms with Gasteiger partial charge in [0.2, 0.25) is 0 Å². The van der Waals surface area contributed by atoms with E-state index < -0.39 is 5.60 Å². The number of aliphatic hydroxyl groups is 3. The molecule has 0 bridgehead atoms. The molecule has 4 aliphatic carbocycles. The SMILES string of the molecule is CC1(O)C=C2CC(O)CC[C@]2(C)[C@H]2CC[C@]3(C)[C@@H](O)CC[C@H]3[C@@H]21. The van der Waals surface area contributed by atoms with E-state index in [1.54, 1.807) is 0 Å². The Kier molecular flexibility index (Phi) is 3.38. The van der Waals surface area contributed by atoms with Gasteiger partial charge in [0.1, 0.15) is 0 Å². The third-order valence-corrected chi connectivity index (χ3v) is 8.37. The lowest BCUT2D eigenvalue weighted by atomic mass is 9.45. The van der Waals surface area contributed by atoms with E-state index in [0.717, 1.165) is 44.9 Å². The molecule has 0 radical (unpaired) electrons. The largest absolute Gasteiger partial charge is 0.393 e. The van der Waals surface area contributed by atoms with E-state index in [0.29, 0.717) is 11.8 Å². The fraction of sp³-hybridized carbons (Fsp3) is 0.900. The zero-order chi connectivity index (χ0) is 16.6. The van der Waals surface area contributed by atoms with Gasteiger partial charge >= 0.3 is 0 Å². The first-order valence-electron chi connectivity index (χ1n) is 9.49. The molecule has 3 nitrogen and oxygen atoms in total. The third kappa shape index (κ3) is 2.06. The fourth-order valence-electron chi connectivity index (χ4n) is 6.95. The van der Waals surface area contributed by atoms with Crippen molar-refractivity contribution in [3.63, 3.8) is 0 Å². The Labute approximate surface area is 139 Å². The van der Waals surface area contributed by atoms with Crippen LogP contribution in [0.15, 0.2) is 11.6 Å². The molecule has 0 aromatic carbocycles. The summed E-state index contributed by atoms with van der Waals surface area (Å²) in [6.07, 6.45) is 8.35. The first kappa shape index (κ1) is 16.1. The number of aliphatic hydroxyl groups excluding tert-OH is 2. The zero-order valence-electron chi connectivity index (χ0n) is 14.8. The van der Waals surface area contributed by atoms with E-state index in [1.807, 2.05) is 6.92 Å². The Hall–Kier alpha value is -0.380. The lowest BCUT2D eigenvalue weighted by Crippen LogP contribution is -2.59. The van der Waals surface area contributed by atoms with Gasteiger partial charge in [-0.1, -0.05) is 25.5 Å². The van der Waals surface area contributed by atoms with Crippen LogP contribution in [0, 0.1) is 28.6 Å². The maximum Gasteiger partial charge on any atom is 0.0836 e. The van der Waals surface area contributed by atoms with Crippen LogP contribution in [0.25, 0.3) is 0 Å². The van der Waals surface area contributed by atoms with Gasteiger partial charge in [-0.2, -0.15) is 0 Å². The normalized spacial score (nSPS) is 58.9. The van der Waals surface area contributed by atoms with Crippen molar-refractivity contribution in [3.05, 3.63) is 11.6 Å². The Balaban J connectivity index is 1.79. The van der Waals surface area contributed by atoms with Gasteiger partial charge in [0.05, 0.1) is 17.8 Å². The molecule has 3 saturated carbocycles. The molecule has 0 aromatic rings. The van der Waals surface area contributed by atoms with Gasteiger partial charge in [0, 0.05) is 0 Å². The van der Waals surface area contributed by atoms with Crippen LogP contribution in [-0.2, 0) is 0 Å². The van der Waals surface area contributed by atoms with Crippen LogP contribution < -0.4 is 0 Å². The van der Waals surface area contributed by atoms with Crippen molar-refractivity contribution >= 4 is 0 Å². The fourth-order valence-corrected chi connectivity index (χ4v) is 6.95. The summed E-state index contributed by atoms with van der Waals surface area (Å²) in [6.45, 7) is 6.58. The quantitative estimate of drug-likeness (QED) is 0.601. The first-order valence-corrected chi connectivity index (χ1v) is 9.49. The summed E-state index contributed by atoms with van der Waals surface area (Å²) in [4.78, 5) is 0. The van der Waals surface area contributed by atoms with Crippen LogP contribution in [0.2, 0.25) is 0 Å². The maximum atomic E-state index is 11.3. The van der Waals surface area contributed by atoms with Gasteiger partial charge in [-0.05, 0) is 80.5 Å². The Morgan fingerprint density at radius 1 is 0.957 bits per heavy atom. The second-order valence-corrected chi connectivity index (χ2v) is 9.59. The van der Waals surface area contributed by atoms with Crippen LogP contribution in [0.1, 0.15) is 65.7 Å². The molecule has 4 rings (SSSR count). The summed E-state index contributed by atoms with van der Waals surface area (Å²) in [6, 6.07) is 0. The second kappa shape index (κ2) is 4.83. The Morgan fingerprint density at radius 3 is 2.43 bits per heavy atom. The van der Waals surface area contributed by atoms with Gasteiger partial charge in [0.15, 0.2) is 0 Å². The molecule has 130 valence electrons. The average Bonchev–Trinajstić information content (AvgIpc) is 2.77. The van der Waals surface area contributed by atoms with E-state index in [9.17, 15) is 15.3 Å². The highest BCUT2D eigenvalue weighted by molar-refractivity contribution is 5.31. The van der Waals surface area contributed by atoms with E-state index >= 15 is 0 Å². The Morgan fingerprint density at radius 2 is 1.70 bits per heavy atom. The molecule has 0 saturated heterocycles. The lowest BCUT2D eigenvalue weighted by molar-refractivity contribution is -0.138. The van der Waals surface area contributed by atoms with Crippen molar-refractivity contribution in [2.24, 2.45) is 28.6 Å². The number of hydrogen-bond acceptors (Lipinski definition) is 3. The smallest absolute Gasteiger partial charge is 0.0836 e. The minimum atomic E-state index is -0.813. The van der Waals surface area contributed by atoms with E-state index in [2.05, 4.69) is 19.9 Å². The first-order chi connectivity index (χ1) is 10.7. The summed E-state index contributed by atoms with van der Waals surface area (Å²) in [7, 11) is 0. The monoisotopic (exact) mass is 320 g/mol. The number of fused-ring (bicyclic) bond motifs is 5. The topological polar surface area (TPSA) is 60.7 Å². The van der Waals surface area contributed by atoms with Crippen LogP contribution in [0.4, 0.5) is 0 Å². The maximum absolute atomic E-state index is 11.3. The molecule has 0 aromatic heterocycles. The average molecular weight is 320 g/mol. The molecule has 23 heavy (non-hydrogen) atoms. The van der Waals surface area contributed by atoms with E-state index in [-0.39, 0.29) is 29.0 Å². The molecule has 0 heterocycles. The van der Waals surface area contributed by atoms with Crippen molar-refractivity contribution in [1.29, 1.82) is 0 Å². The molecule has 2 unspecified atom stereocenters. The van der Waals surface area contributed by atoms with Crippen LogP contribution in [-0.4, -0.2) is 33.1 Å². The molecular formula is C20H32O3. The summed E-state index contributed by atoms with van der Waals surface area (Å²) >= 11 is 0. The summed E-state index contributed by atoms with van der Waals surface area (Å²) in [5.74, 6) is 1.13. The highest BCUT2D eigenvalue weighted by Crippen LogP contribution is 2.66. The van der Waals surface area contributed by atoms with Crippen LogP contribution in [0.5, 0.6) is 0 Å². The van der Waals surface area contributed by atoms with Crippen molar-refractivity contribution in [2.45, 2.75) is 83.5 Å². The molecule has 0 aliphatic heterocycles. The zero-order valence-corrected chi connectivity index (χ0v) is 14.8. The summed E-state index contributed by atoms with van der Waals surface area (Å²) in [5.41, 5.74) is 0.569. The van der Waals surface area contributed by atoms with Crippen LogP contribution >= 0.6 is 0 Å². The molecular weight excluding hydrogens is 288 g/mol. The molecule has 3 fully saturated rings. The molecule has 3 heteroatoms. The highest BCUT2D eigenvalue weighted by Gasteiger charge is 2.63. The predicted octanol–water partition coefficient (Wildman–Crippen LogP) is 3.03. The van der Waals surface area contributed by atoms with Crippen LogP contribution in [0.3, 0.4) is 0 Å². The third-order valence-electron chi connectivity index (χ3n) is 8.37. The molecule has 3 N–H and O–H groups in total. The minimum absolute atomic E-state index is 0.0267. The second-order valence-electron chi connectivity index (χ2n) is 9.59. The van der Waals surface area contributed by atoms with Crippen molar-refractivity contribution in [3.8, 4) is 0 Å². The standard InChI is InChI=1S/C20H32O3/c1-18-8-6-13(21)10-12(18)11-20(3,23)17-14-4-5-16(22)19(14,2)9-7-15(17)18/h11,13-17,21-23H,4-10H2,1-3H3/t13?,14-,15-,16-,17-,18-,19-,20?/m0/s1. The predicted molar refractivity (Wildman–Crippen MR) is 89.7 cm³/mol. The Bertz CT molecular complexity index is 539.